The first kappa shape index (κ1) is 20.6. The van der Waals surface area contributed by atoms with E-state index in [1.54, 1.807) is 34.1 Å². The van der Waals surface area contributed by atoms with Crippen LogP contribution in [0.1, 0.15) is 48.8 Å². The molecule has 2 saturated heterocycles. The molecule has 4 heterocycles. The molecule has 2 aliphatic heterocycles. The van der Waals surface area contributed by atoms with Gasteiger partial charge in [0.25, 0.3) is 0 Å². The Labute approximate surface area is 176 Å². The molecule has 0 aromatic carbocycles. The van der Waals surface area contributed by atoms with Crippen LogP contribution < -0.4 is 0 Å². The first-order valence-corrected chi connectivity index (χ1v) is 10.8. The van der Waals surface area contributed by atoms with E-state index < -0.39 is 0 Å². The van der Waals surface area contributed by atoms with E-state index in [1.165, 1.54) is 12.8 Å². The highest BCUT2D eigenvalue weighted by molar-refractivity contribution is 5.98. The van der Waals surface area contributed by atoms with E-state index in [0.29, 0.717) is 25.2 Å². The zero-order valence-corrected chi connectivity index (χ0v) is 17.5. The molecule has 2 aromatic rings. The van der Waals surface area contributed by atoms with Crippen LogP contribution >= 0.6 is 0 Å². The Balaban J connectivity index is 1.35. The van der Waals surface area contributed by atoms with E-state index in [-0.39, 0.29) is 24.2 Å². The second kappa shape index (κ2) is 9.42. The standard InChI is InChI=1S/C21H29N7O2/c1-16-6-10-26(11-7-16)14-19-23-24-25-28(19)15-20(29)27-9-3-5-18(13-27)21(30)17-4-2-8-22-12-17/h2,4,8,12,16,18H,3,5-7,9-11,13-15H2,1H3. The fourth-order valence-corrected chi connectivity index (χ4v) is 4.27. The molecule has 0 aliphatic carbocycles. The maximum atomic E-state index is 12.9. The van der Waals surface area contributed by atoms with Crippen LogP contribution in [-0.4, -0.2) is 72.9 Å². The summed E-state index contributed by atoms with van der Waals surface area (Å²) in [6, 6.07) is 3.55. The van der Waals surface area contributed by atoms with E-state index in [1.807, 2.05) is 0 Å². The number of aromatic nitrogens is 5. The summed E-state index contributed by atoms with van der Waals surface area (Å²) in [5, 5.41) is 12.0. The van der Waals surface area contributed by atoms with Crippen LogP contribution in [0.4, 0.5) is 0 Å². The molecule has 0 N–H and O–H groups in total. The van der Waals surface area contributed by atoms with Crippen molar-refractivity contribution in [1.82, 2.24) is 35.0 Å². The van der Waals surface area contributed by atoms with E-state index in [9.17, 15) is 9.59 Å². The van der Waals surface area contributed by atoms with Crippen molar-refractivity contribution in [2.45, 2.75) is 45.7 Å². The van der Waals surface area contributed by atoms with Gasteiger partial charge in [-0.05, 0) is 67.3 Å². The number of pyridine rings is 1. The number of likely N-dealkylation sites (tertiary alicyclic amines) is 2. The molecule has 1 atom stereocenters. The number of carbonyl (C=O) groups excluding carboxylic acids is 2. The van der Waals surface area contributed by atoms with Crippen molar-refractivity contribution in [3.05, 3.63) is 35.9 Å². The highest BCUT2D eigenvalue weighted by atomic mass is 16.2. The number of rotatable bonds is 6. The van der Waals surface area contributed by atoms with Gasteiger partial charge >= 0.3 is 0 Å². The van der Waals surface area contributed by atoms with Crippen LogP contribution in [0.15, 0.2) is 24.5 Å². The number of hydrogen-bond acceptors (Lipinski definition) is 7. The fraction of sp³-hybridized carbons (Fsp3) is 0.619. The summed E-state index contributed by atoms with van der Waals surface area (Å²) >= 11 is 0. The summed E-state index contributed by atoms with van der Waals surface area (Å²) < 4.78 is 1.60. The number of nitrogens with zero attached hydrogens (tertiary/aromatic N) is 7. The Morgan fingerprint density at radius 3 is 2.77 bits per heavy atom. The average Bonchev–Trinajstić information content (AvgIpc) is 3.22. The molecular formula is C21H29N7O2. The van der Waals surface area contributed by atoms with E-state index in [0.717, 1.165) is 37.7 Å². The SMILES string of the molecule is CC1CCN(Cc2nnnn2CC(=O)N2CCCC(C(=O)c3cccnc3)C2)CC1. The molecule has 0 saturated carbocycles. The average molecular weight is 412 g/mol. The van der Waals surface area contributed by atoms with Crippen LogP contribution in [0.2, 0.25) is 0 Å². The number of tetrazole rings is 1. The lowest BCUT2D eigenvalue weighted by Crippen LogP contribution is -2.44. The molecule has 2 fully saturated rings. The van der Waals surface area contributed by atoms with Crippen molar-refractivity contribution in [3.63, 3.8) is 0 Å². The summed E-state index contributed by atoms with van der Waals surface area (Å²) in [4.78, 5) is 33.8. The predicted molar refractivity (Wildman–Crippen MR) is 109 cm³/mol. The number of Topliss-reactive ketones (excluding diaryl/α,β-unsaturated/α-hetero) is 1. The Morgan fingerprint density at radius 2 is 2.00 bits per heavy atom. The van der Waals surface area contributed by atoms with Crippen molar-refractivity contribution in [3.8, 4) is 0 Å². The minimum absolute atomic E-state index is 0.0421. The van der Waals surface area contributed by atoms with Gasteiger partial charge in [0.1, 0.15) is 6.54 Å². The molecule has 0 bridgehead atoms. The molecule has 4 rings (SSSR count). The van der Waals surface area contributed by atoms with Gasteiger partial charge in [-0.2, -0.15) is 0 Å². The second-order valence-electron chi connectivity index (χ2n) is 8.50. The van der Waals surface area contributed by atoms with Gasteiger partial charge < -0.3 is 4.90 Å². The molecule has 0 radical (unpaired) electrons. The number of ketones is 1. The number of hydrogen-bond donors (Lipinski definition) is 0. The fourth-order valence-electron chi connectivity index (χ4n) is 4.27. The molecule has 9 heteroatoms. The third-order valence-electron chi connectivity index (χ3n) is 6.22. The lowest BCUT2D eigenvalue weighted by molar-refractivity contribution is -0.133. The van der Waals surface area contributed by atoms with E-state index in [2.05, 4.69) is 32.3 Å². The second-order valence-corrected chi connectivity index (χ2v) is 8.50. The molecule has 0 spiro atoms. The van der Waals surface area contributed by atoms with Crippen molar-refractivity contribution >= 4 is 11.7 Å². The molecule has 1 amide bonds. The van der Waals surface area contributed by atoms with Crippen LogP contribution in [0.25, 0.3) is 0 Å². The lowest BCUT2D eigenvalue weighted by atomic mass is 9.90. The summed E-state index contributed by atoms with van der Waals surface area (Å²) in [6.07, 6.45) is 7.22. The summed E-state index contributed by atoms with van der Waals surface area (Å²) in [5.74, 6) is 1.32. The van der Waals surface area contributed by atoms with Crippen molar-refractivity contribution in [1.29, 1.82) is 0 Å². The van der Waals surface area contributed by atoms with Gasteiger partial charge in [-0.25, -0.2) is 4.68 Å². The lowest BCUT2D eigenvalue weighted by Gasteiger charge is -2.32. The zero-order valence-electron chi connectivity index (χ0n) is 17.5. The van der Waals surface area contributed by atoms with Gasteiger partial charge in [0, 0.05) is 37.0 Å². The summed E-state index contributed by atoms with van der Waals surface area (Å²) in [7, 11) is 0. The van der Waals surface area contributed by atoms with Crippen molar-refractivity contribution < 1.29 is 9.59 Å². The normalized spacial score (nSPS) is 21.0. The van der Waals surface area contributed by atoms with Crippen LogP contribution in [0, 0.1) is 11.8 Å². The highest BCUT2D eigenvalue weighted by Crippen LogP contribution is 2.21. The van der Waals surface area contributed by atoms with Crippen molar-refractivity contribution in [2.75, 3.05) is 26.2 Å². The van der Waals surface area contributed by atoms with Gasteiger partial charge in [-0.1, -0.05) is 6.92 Å². The first-order chi connectivity index (χ1) is 14.6. The minimum Gasteiger partial charge on any atom is -0.340 e. The van der Waals surface area contributed by atoms with Gasteiger partial charge in [-0.15, -0.1) is 5.10 Å². The summed E-state index contributed by atoms with van der Waals surface area (Å²) in [5.41, 5.74) is 0.607. The Hall–Kier alpha value is -2.68. The number of carbonyl (C=O) groups is 2. The topological polar surface area (TPSA) is 97.1 Å². The molecule has 9 nitrogen and oxygen atoms in total. The first-order valence-electron chi connectivity index (χ1n) is 10.8. The molecule has 30 heavy (non-hydrogen) atoms. The monoisotopic (exact) mass is 411 g/mol. The van der Waals surface area contributed by atoms with Gasteiger partial charge in [0.15, 0.2) is 11.6 Å². The maximum Gasteiger partial charge on any atom is 0.244 e. The van der Waals surface area contributed by atoms with Gasteiger partial charge in [-0.3, -0.25) is 19.5 Å². The van der Waals surface area contributed by atoms with Crippen LogP contribution in [-0.2, 0) is 17.9 Å². The van der Waals surface area contributed by atoms with Gasteiger partial charge in [0.2, 0.25) is 5.91 Å². The molecule has 1 unspecified atom stereocenters. The number of piperidine rings is 2. The largest absolute Gasteiger partial charge is 0.340 e. The zero-order chi connectivity index (χ0) is 20.9. The molecular weight excluding hydrogens is 382 g/mol. The molecule has 160 valence electrons. The van der Waals surface area contributed by atoms with E-state index in [4.69, 9.17) is 0 Å². The van der Waals surface area contributed by atoms with E-state index >= 15 is 0 Å². The van der Waals surface area contributed by atoms with Crippen molar-refractivity contribution in [2.24, 2.45) is 11.8 Å². The van der Waals surface area contributed by atoms with Crippen LogP contribution in [0.5, 0.6) is 0 Å². The smallest absolute Gasteiger partial charge is 0.244 e. The minimum atomic E-state index is -0.185. The summed E-state index contributed by atoms with van der Waals surface area (Å²) in [6.45, 7) is 6.23. The number of amides is 1. The highest BCUT2D eigenvalue weighted by Gasteiger charge is 2.30. The molecule has 2 aromatic heterocycles. The Morgan fingerprint density at radius 1 is 1.17 bits per heavy atom. The Bertz CT molecular complexity index is 861. The molecule has 2 aliphatic rings. The van der Waals surface area contributed by atoms with Gasteiger partial charge in [0.05, 0.1) is 6.54 Å². The predicted octanol–water partition coefficient (Wildman–Crippen LogP) is 1.42. The maximum absolute atomic E-state index is 12.9. The quantitative estimate of drug-likeness (QED) is 0.663. The third kappa shape index (κ3) is 4.89. The van der Waals surface area contributed by atoms with Crippen LogP contribution in [0.3, 0.4) is 0 Å². The third-order valence-corrected chi connectivity index (χ3v) is 6.22. The Kier molecular flexibility index (Phi) is 6.47.